The second kappa shape index (κ2) is 6.53. The van der Waals surface area contributed by atoms with E-state index in [1.54, 1.807) is 0 Å². The van der Waals surface area contributed by atoms with E-state index in [1.807, 2.05) is 0 Å². The lowest BCUT2D eigenvalue weighted by molar-refractivity contribution is 0.153. The summed E-state index contributed by atoms with van der Waals surface area (Å²) in [5.41, 5.74) is 2.75. The number of hydrogen-bond acceptors (Lipinski definition) is 2. The van der Waals surface area contributed by atoms with Crippen LogP contribution < -0.4 is 5.32 Å². The molecule has 0 aromatic heterocycles. The Morgan fingerprint density at radius 2 is 1.80 bits per heavy atom. The van der Waals surface area contributed by atoms with Crippen LogP contribution in [0.4, 0.5) is 0 Å². The summed E-state index contributed by atoms with van der Waals surface area (Å²) in [6.07, 6.45) is 0. The predicted octanol–water partition coefficient (Wildman–Crippen LogP) is 3.60. The number of benzene rings is 2. The fourth-order valence-electron chi connectivity index (χ4n) is 2.78. The molecule has 1 atom stereocenters. The van der Waals surface area contributed by atoms with Gasteiger partial charge in [0.1, 0.15) is 0 Å². The minimum Gasteiger partial charge on any atom is -0.314 e. The van der Waals surface area contributed by atoms with Crippen molar-refractivity contribution in [3.05, 3.63) is 70.2 Å². The van der Waals surface area contributed by atoms with Crippen LogP contribution in [-0.4, -0.2) is 24.5 Å². The molecule has 20 heavy (non-hydrogen) atoms. The SMILES string of the molecule is Brc1ccccc1CN1CCNCC1c1ccccc1. The maximum atomic E-state index is 3.66. The number of rotatable bonds is 3. The average molecular weight is 331 g/mol. The zero-order valence-corrected chi connectivity index (χ0v) is 13.0. The Kier molecular flexibility index (Phi) is 4.51. The molecule has 0 aliphatic carbocycles. The molecule has 1 N–H and O–H groups in total. The second-order valence-electron chi connectivity index (χ2n) is 5.19. The summed E-state index contributed by atoms with van der Waals surface area (Å²) in [4.78, 5) is 2.56. The molecule has 2 nitrogen and oxygen atoms in total. The molecule has 2 aromatic rings. The van der Waals surface area contributed by atoms with E-state index < -0.39 is 0 Å². The van der Waals surface area contributed by atoms with E-state index in [-0.39, 0.29) is 0 Å². The maximum Gasteiger partial charge on any atom is 0.0476 e. The number of nitrogens with one attached hydrogen (secondary N) is 1. The van der Waals surface area contributed by atoms with Crippen molar-refractivity contribution in [3.63, 3.8) is 0 Å². The Morgan fingerprint density at radius 3 is 2.60 bits per heavy atom. The maximum absolute atomic E-state index is 3.66. The van der Waals surface area contributed by atoms with Gasteiger partial charge in [-0.1, -0.05) is 64.5 Å². The van der Waals surface area contributed by atoms with E-state index in [1.165, 1.54) is 15.6 Å². The molecular formula is C17H19BrN2. The van der Waals surface area contributed by atoms with Crippen LogP contribution in [0.2, 0.25) is 0 Å². The van der Waals surface area contributed by atoms with E-state index in [0.29, 0.717) is 6.04 Å². The summed E-state index contributed by atoms with van der Waals surface area (Å²) >= 11 is 3.66. The van der Waals surface area contributed by atoms with E-state index in [0.717, 1.165) is 26.2 Å². The van der Waals surface area contributed by atoms with Crippen molar-refractivity contribution < 1.29 is 0 Å². The highest BCUT2D eigenvalue weighted by Gasteiger charge is 2.23. The Labute approximate surface area is 128 Å². The Hall–Kier alpha value is -1.16. The van der Waals surface area contributed by atoms with E-state index >= 15 is 0 Å². The van der Waals surface area contributed by atoms with E-state index in [4.69, 9.17) is 0 Å². The highest BCUT2D eigenvalue weighted by molar-refractivity contribution is 9.10. The average Bonchev–Trinajstić information content (AvgIpc) is 2.51. The number of piperazine rings is 1. The molecule has 2 aromatic carbocycles. The van der Waals surface area contributed by atoms with E-state index in [9.17, 15) is 0 Å². The fourth-order valence-corrected chi connectivity index (χ4v) is 3.20. The van der Waals surface area contributed by atoms with Crippen LogP contribution >= 0.6 is 15.9 Å². The molecule has 1 unspecified atom stereocenters. The first kappa shape index (κ1) is 13.8. The molecule has 3 heteroatoms. The van der Waals surface area contributed by atoms with Crippen LogP contribution in [0.1, 0.15) is 17.2 Å². The minimum atomic E-state index is 0.456. The molecule has 1 heterocycles. The smallest absolute Gasteiger partial charge is 0.0476 e. The summed E-state index contributed by atoms with van der Waals surface area (Å²) < 4.78 is 1.20. The molecule has 0 bridgehead atoms. The van der Waals surface area contributed by atoms with Gasteiger partial charge in [-0.05, 0) is 17.2 Å². The monoisotopic (exact) mass is 330 g/mol. The van der Waals surface area contributed by atoms with Crippen LogP contribution in [0, 0.1) is 0 Å². The standard InChI is InChI=1S/C17H19BrN2/c18-16-9-5-4-8-15(16)13-20-11-10-19-12-17(20)14-6-2-1-3-7-14/h1-9,17,19H,10-13H2. The minimum absolute atomic E-state index is 0.456. The zero-order valence-electron chi connectivity index (χ0n) is 11.4. The van der Waals surface area contributed by atoms with Crippen molar-refractivity contribution in [2.75, 3.05) is 19.6 Å². The third kappa shape index (κ3) is 3.11. The van der Waals surface area contributed by atoms with Crippen molar-refractivity contribution in [1.82, 2.24) is 10.2 Å². The van der Waals surface area contributed by atoms with Gasteiger partial charge in [0.05, 0.1) is 0 Å². The number of hydrogen-bond donors (Lipinski definition) is 1. The first-order chi connectivity index (χ1) is 9.84. The van der Waals surface area contributed by atoms with Crippen LogP contribution in [0.5, 0.6) is 0 Å². The van der Waals surface area contributed by atoms with Crippen LogP contribution in [0.3, 0.4) is 0 Å². The highest BCUT2D eigenvalue weighted by atomic mass is 79.9. The molecule has 0 spiro atoms. The molecule has 1 aliphatic heterocycles. The van der Waals surface area contributed by atoms with Gasteiger partial charge < -0.3 is 5.32 Å². The Bertz CT molecular complexity index is 556. The van der Waals surface area contributed by atoms with Gasteiger partial charge in [-0.3, -0.25) is 4.90 Å². The second-order valence-corrected chi connectivity index (χ2v) is 6.05. The zero-order chi connectivity index (χ0) is 13.8. The van der Waals surface area contributed by atoms with Crippen molar-refractivity contribution in [1.29, 1.82) is 0 Å². The first-order valence-electron chi connectivity index (χ1n) is 7.08. The quantitative estimate of drug-likeness (QED) is 0.925. The van der Waals surface area contributed by atoms with Gasteiger partial charge in [-0.15, -0.1) is 0 Å². The van der Waals surface area contributed by atoms with Crippen molar-refractivity contribution >= 4 is 15.9 Å². The van der Waals surface area contributed by atoms with Gasteiger partial charge in [-0.2, -0.15) is 0 Å². The largest absolute Gasteiger partial charge is 0.314 e. The fraction of sp³-hybridized carbons (Fsp3) is 0.294. The van der Waals surface area contributed by atoms with Crippen molar-refractivity contribution in [2.24, 2.45) is 0 Å². The first-order valence-corrected chi connectivity index (χ1v) is 7.87. The van der Waals surface area contributed by atoms with Crippen LogP contribution in [-0.2, 0) is 6.54 Å². The molecule has 104 valence electrons. The highest BCUT2D eigenvalue weighted by Crippen LogP contribution is 2.26. The van der Waals surface area contributed by atoms with Crippen molar-refractivity contribution in [2.45, 2.75) is 12.6 Å². The number of nitrogens with zero attached hydrogens (tertiary/aromatic N) is 1. The molecule has 1 aliphatic rings. The summed E-state index contributed by atoms with van der Waals surface area (Å²) in [5, 5.41) is 3.51. The van der Waals surface area contributed by atoms with Gasteiger partial charge in [0.15, 0.2) is 0 Å². The Morgan fingerprint density at radius 1 is 1.05 bits per heavy atom. The van der Waals surface area contributed by atoms with E-state index in [2.05, 4.69) is 80.7 Å². The molecule has 0 amide bonds. The Balaban J connectivity index is 1.81. The van der Waals surface area contributed by atoms with Crippen molar-refractivity contribution in [3.8, 4) is 0 Å². The van der Waals surface area contributed by atoms with Gasteiger partial charge in [0.2, 0.25) is 0 Å². The lowest BCUT2D eigenvalue weighted by Crippen LogP contribution is -2.45. The van der Waals surface area contributed by atoms with Crippen LogP contribution in [0.25, 0.3) is 0 Å². The van der Waals surface area contributed by atoms with Gasteiger partial charge in [0, 0.05) is 36.7 Å². The summed E-state index contributed by atoms with van der Waals surface area (Å²) in [6.45, 7) is 4.16. The molecule has 3 rings (SSSR count). The van der Waals surface area contributed by atoms with Gasteiger partial charge >= 0.3 is 0 Å². The lowest BCUT2D eigenvalue weighted by atomic mass is 10.0. The molecule has 0 saturated carbocycles. The topological polar surface area (TPSA) is 15.3 Å². The third-order valence-electron chi connectivity index (χ3n) is 3.87. The molecule has 1 fully saturated rings. The number of halogens is 1. The molecule has 0 radical (unpaired) electrons. The van der Waals surface area contributed by atoms with Gasteiger partial charge in [-0.25, -0.2) is 0 Å². The molecular weight excluding hydrogens is 312 g/mol. The van der Waals surface area contributed by atoms with Gasteiger partial charge in [0.25, 0.3) is 0 Å². The molecule has 1 saturated heterocycles. The summed E-state index contributed by atoms with van der Waals surface area (Å²) in [5.74, 6) is 0. The van der Waals surface area contributed by atoms with Crippen LogP contribution in [0.15, 0.2) is 59.1 Å². The normalized spacial score (nSPS) is 19.9. The third-order valence-corrected chi connectivity index (χ3v) is 4.64. The summed E-state index contributed by atoms with van der Waals surface area (Å²) in [7, 11) is 0. The predicted molar refractivity (Wildman–Crippen MR) is 86.6 cm³/mol. The summed E-state index contributed by atoms with van der Waals surface area (Å²) in [6, 6.07) is 19.7. The lowest BCUT2D eigenvalue weighted by Gasteiger charge is -2.36.